The molecule has 2 N–H and O–H groups in total. The number of carbonyl (C=O) groups excluding carboxylic acids is 1. The van der Waals surface area contributed by atoms with Gasteiger partial charge in [-0.05, 0) is 49.6 Å². The number of para-hydroxylation sites is 1. The number of hydroxylamine groups is 1. The van der Waals surface area contributed by atoms with Gasteiger partial charge in [-0.25, -0.2) is 13.9 Å². The molecule has 1 aliphatic rings. The lowest BCUT2D eigenvalue weighted by molar-refractivity contribution is -0.133. The number of nitrogens with zero attached hydrogens (tertiary/aromatic N) is 2. The Labute approximate surface area is 186 Å². The van der Waals surface area contributed by atoms with Crippen molar-refractivity contribution >= 4 is 26.8 Å². The predicted octanol–water partition coefficient (Wildman–Crippen LogP) is 2.92. The van der Waals surface area contributed by atoms with Crippen LogP contribution >= 0.6 is 0 Å². The molecule has 9 heteroatoms. The van der Waals surface area contributed by atoms with Gasteiger partial charge in [0, 0.05) is 23.2 Å². The normalized spacial score (nSPS) is 18.4. The van der Waals surface area contributed by atoms with E-state index in [1.54, 1.807) is 29.7 Å². The first-order valence-corrected chi connectivity index (χ1v) is 12.0. The molecule has 1 aromatic heterocycles. The molecular weight excluding hydrogens is 430 g/mol. The van der Waals surface area contributed by atoms with Crippen LogP contribution in [-0.4, -0.2) is 40.6 Å². The van der Waals surface area contributed by atoms with Gasteiger partial charge in [0.2, 0.25) is 10.0 Å². The number of carbonyl (C=O) groups is 1. The molecule has 0 spiro atoms. The second kappa shape index (κ2) is 9.23. The highest BCUT2D eigenvalue weighted by molar-refractivity contribution is 7.89. The highest BCUT2D eigenvalue weighted by Gasteiger charge is 2.38. The number of nitrogens with one attached hydrogen (secondary N) is 1. The monoisotopic (exact) mass is 455 g/mol. The smallest absolute Gasteiger partial charge is 0.261 e. The fourth-order valence-electron chi connectivity index (χ4n) is 4.01. The van der Waals surface area contributed by atoms with Crippen LogP contribution in [0.2, 0.25) is 0 Å². The van der Waals surface area contributed by atoms with Crippen LogP contribution in [0.15, 0.2) is 54.6 Å². The molecule has 1 aliphatic heterocycles. The van der Waals surface area contributed by atoms with E-state index >= 15 is 0 Å². The van der Waals surface area contributed by atoms with Crippen molar-refractivity contribution in [3.63, 3.8) is 0 Å². The number of hydrogen-bond acceptors (Lipinski definition) is 6. The van der Waals surface area contributed by atoms with Gasteiger partial charge < -0.3 is 4.74 Å². The number of amides is 1. The molecule has 8 nitrogen and oxygen atoms in total. The Hall–Kier alpha value is -3.01. The van der Waals surface area contributed by atoms with Crippen molar-refractivity contribution in [3.8, 4) is 5.75 Å². The Bertz CT molecular complexity index is 1230. The van der Waals surface area contributed by atoms with Gasteiger partial charge in [-0.1, -0.05) is 30.3 Å². The number of aromatic nitrogens is 1. The third-order valence-electron chi connectivity index (χ3n) is 5.58. The third-order valence-corrected chi connectivity index (χ3v) is 7.49. The van der Waals surface area contributed by atoms with Crippen molar-refractivity contribution in [2.45, 2.75) is 39.0 Å². The van der Waals surface area contributed by atoms with E-state index in [-0.39, 0.29) is 12.3 Å². The fourth-order valence-corrected chi connectivity index (χ4v) is 5.71. The molecule has 4 rings (SSSR count). The van der Waals surface area contributed by atoms with Crippen LogP contribution in [-0.2, 0) is 28.0 Å². The first-order valence-electron chi connectivity index (χ1n) is 10.4. The summed E-state index contributed by atoms with van der Waals surface area (Å²) in [5.74, 6) is -0.0746. The van der Waals surface area contributed by atoms with Crippen LogP contribution < -0.4 is 10.2 Å². The maximum absolute atomic E-state index is 12.5. The number of ether oxygens (including phenoxy) is 1. The van der Waals surface area contributed by atoms with Crippen molar-refractivity contribution in [3.05, 3.63) is 71.4 Å². The maximum atomic E-state index is 12.5. The Balaban J connectivity index is 1.47. The Morgan fingerprint density at radius 2 is 1.97 bits per heavy atom. The molecule has 1 atom stereocenters. The highest BCUT2D eigenvalue weighted by atomic mass is 32.2. The van der Waals surface area contributed by atoms with Crippen LogP contribution in [0.4, 0.5) is 0 Å². The number of rotatable bonds is 6. The topological polar surface area (TPSA) is 109 Å². The molecule has 168 valence electrons. The SMILES string of the molecule is Cc1cc(COc2ccc(CN3C(C(=O)NO)CCCS3(=O)=O)cc2)c2ccccc2n1. The van der Waals surface area contributed by atoms with Crippen molar-refractivity contribution in [1.82, 2.24) is 14.8 Å². The third kappa shape index (κ3) is 4.74. The molecule has 0 radical (unpaired) electrons. The van der Waals surface area contributed by atoms with Gasteiger partial charge in [-0.3, -0.25) is 15.0 Å². The van der Waals surface area contributed by atoms with Crippen molar-refractivity contribution in [2.24, 2.45) is 0 Å². The molecule has 0 bridgehead atoms. The van der Waals surface area contributed by atoms with Gasteiger partial charge in [0.1, 0.15) is 18.4 Å². The molecule has 32 heavy (non-hydrogen) atoms. The minimum Gasteiger partial charge on any atom is -0.489 e. The van der Waals surface area contributed by atoms with Crippen LogP contribution in [0.25, 0.3) is 10.9 Å². The molecule has 1 unspecified atom stereocenters. The summed E-state index contributed by atoms with van der Waals surface area (Å²) in [6, 6.07) is 16.1. The summed E-state index contributed by atoms with van der Waals surface area (Å²) in [6.07, 6.45) is 0.749. The average molecular weight is 456 g/mol. The summed E-state index contributed by atoms with van der Waals surface area (Å²) in [5.41, 5.74) is 5.18. The second-order valence-electron chi connectivity index (χ2n) is 7.87. The summed E-state index contributed by atoms with van der Waals surface area (Å²) in [5, 5.41) is 10.0. The number of pyridine rings is 1. The van der Waals surface area contributed by atoms with E-state index in [1.807, 2.05) is 37.3 Å². The standard InChI is InChI=1S/C23H25N3O5S/c1-16-13-18(20-5-2-3-6-21(20)24-16)15-31-19-10-8-17(9-11-19)14-26-22(23(27)25-28)7-4-12-32(26,29)30/h2-3,5-6,8-11,13,22,28H,4,7,12,14-15H2,1H3,(H,25,27). The van der Waals surface area contributed by atoms with Gasteiger partial charge in [-0.2, -0.15) is 4.31 Å². The number of fused-ring (bicyclic) bond motifs is 1. The Kier molecular flexibility index (Phi) is 6.40. The highest BCUT2D eigenvalue weighted by Crippen LogP contribution is 2.25. The van der Waals surface area contributed by atoms with E-state index in [0.29, 0.717) is 25.2 Å². The minimum absolute atomic E-state index is 0.0112. The van der Waals surface area contributed by atoms with E-state index in [1.165, 1.54) is 0 Å². The lowest BCUT2D eigenvalue weighted by atomic mass is 10.1. The number of aryl methyl sites for hydroxylation is 1. The van der Waals surface area contributed by atoms with Gasteiger partial charge in [0.05, 0.1) is 11.3 Å². The maximum Gasteiger partial charge on any atom is 0.261 e. The van der Waals surface area contributed by atoms with E-state index in [0.717, 1.165) is 32.0 Å². The number of sulfonamides is 1. The lowest BCUT2D eigenvalue weighted by Gasteiger charge is -2.33. The molecular formula is C23H25N3O5S. The fraction of sp³-hybridized carbons (Fsp3) is 0.304. The van der Waals surface area contributed by atoms with E-state index in [2.05, 4.69) is 4.98 Å². The molecule has 3 aromatic rings. The summed E-state index contributed by atoms with van der Waals surface area (Å²) in [4.78, 5) is 16.5. The average Bonchev–Trinajstić information content (AvgIpc) is 2.78. The molecule has 0 saturated carbocycles. The quantitative estimate of drug-likeness (QED) is 0.437. The zero-order valence-corrected chi connectivity index (χ0v) is 18.5. The summed E-state index contributed by atoms with van der Waals surface area (Å²) in [6.45, 7) is 2.38. The molecule has 1 fully saturated rings. The summed E-state index contributed by atoms with van der Waals surface area (Å²) < 4.78 is 32.1. The first-order chi connectivity index (χ1) is 15.4. The van der Waals surface area contributed by atoms with Crippen molar-refractivity contribution < 1.29 is 23.2 Å². The zero-order chi connectivity index (χ0) is 22.7. The molecule has 1 saturated heterocycles. The zero-order valence-electron chi connectivity index (χ0n) is 17.7. The number of hydrogen-bond donors (Lipinski definition) is 2. The Morgan fingerprint density at radius 3 is 2.72 bits per heavy atom. The predicted molar refractivity (Wildman–Crippen MR) is 120 cm³/mol. The van der Waals surface area contributed by atoms with Crippen LogP contribution in [0.1, 0.15) is 29.7 Å². The summed E-state index contributed by atoms with van der Waals surface area (Å²) >= 11 is 0. The summed E-state index contributed by atoms with van der Waals surface area (Å²) in [7, 11) is -3.58. The van der Waals surface area contributed by atoms with Gasteiger partial charge in [-0.15, -0.1) is 0 Å². The van der Waals surface area contributed by atoms with Gasteiger partial charge >= 0.3 is 0 Å². The van der Waals surface area contributed by atoms with Crippen molar-refractivity contribution in [1.29, 1.82) is 0 Å². The van der Waals surface area contributed by atoms with Crippen molar-refractivity contribution in [2.75, 3.05) is 5.75 Å². The largest absolute Gasteiger partial charge is 0.489 e. The lowest BCUT2D eigenvalue weighted by Crippen LogP contribution is -2.51. The van der Waals surface area contributed by atoms with Crippen LogP contribution in [0, 0.1) is 6.92 Å². The second-order valence-corrected chi connectivity index (χ2v) is 9.91. The first kappa shape index (κ1) is 22.2. The van der Waals surface area contributed by atoms with Gasteiger partial charge in [0.25, 0.3) is 5.91 Å². The van der Waals surface area contributed by atoms with E-state index in [4.69, 9.17) is 9.94 Å². The Morgan fingerprint density at radius 1 is 1.22 bits per heavy atom. The van der Waals surface area contributed by atoms with E-state index < -0.39 is 22.0 Å². The minimum atomic E-state index is -3.58. The van der Waals surface area contributed by atoms with E-state index in [9.17, 15) is 13.2 Å². The van der Waals surface area contributed by atoms with Crippen LogP contribution in [0.3, 0.4) is 0 Å². The van der Waals surface area contributed by atoms with Crippen LogP contribution in [0.5, 0.6) is 5.75 Å². The molecule has 2 heterocycles. The molecule has 2 aromatic carbocycles. The van der Waals surface area contributed by atoms with Gasteiger partial charge in [0.15, 0.2) is 0 Å². The number of benzene rings is 2. The molecule has 0 aliphatic carbocycles. The molecule has 1 amide bonds.